The number of nitrogens with zero attached hydrogens (tertiary/aromatic N) is 2. The summed E-state index contributed by atoms with van der Waals surface area (Å²) in [5.41, 5.74) is 6.38. The Bertz CT molecular complexity index is 720. The lowest BCUT2D eigenvalue weighted by Gasteiger charge is -2.09. The van der Waals surface area contributed by atoms with Crippen molar-refractivity contribution in [3.05, 3.63) is 41.2 Å². The van der Waals surface area contributed by atoms with Gasteiger partial charge in [-0.05, 0) is 31.5 Å². The van der Waals surface area contributed by atoms with Crippen molar-refractivity contribution in [2.45, 2.75) is 37.0 Å². The molecular formula is C14H18ClN3O2S. The van der Waals surface area contributed by atoms with E-state index >= 15 is 0 Å². The summed E-state index contributed by atoms with van der Waals surface area (Å²) in [5, 5.41) is 4.44. The second-order valence-corrected chi connectivity index (χ2v) is 7.30. The van der Waals surface area contributed by atoms with E-state index in [1.165, 1.54) is 12.1 Å². The minimum atomic E-state index is -3.63. The Morgan fingerprint density at radius 3 is 2.71 bits per heavy atom. The fraction of sp³-hybridized carbons (Fsp3) is 0.357. The predicted molar refractivity (Wildman–Crippen MR) is 84.0 cm³/mol. The lowest BCUT2D eigenvalue weighted by molar-refractivity contribution is 0.475. The molecule has 0 saturated heterocycles. The number of anilines is 1. The predicted octanol–water partition coefficient (Wildman–Crippen LogP) is 3.06. The van der Waals surface area contributed by atoms with Gasteiger partial charge in [0.05, 0.1) is 22.2 Å². The summed E-state index contributed by atoms with van der Waals surface area (Å²) in [5.74, 6) is -0.218. The van der Waals surface area contributed by atoms with Crippen LogP contribution in [-0.4, -0.2) is 18.2 Å². The van der Waals surface area contributed by atoms with E-state index in [4.69, 9.17) is 17.3 Å². The van der Waals surface area contributed by atoms with Gasteiger partial charge in [0, 0.05) is 12.2 Å². The molecule has 114 valence electrons. The molecule has 1 aromatic heterocycles. The highest BCUT2D eigenvalue weighted by molar-refractivity contribution is 7.91. The van der Waals surface area contributed by atoms with E-state index in [0.29, 0.717) is 5.69 Å². The van der Waals surface area contributed by atoms with Crippen molar-refractivity contribution in [2.75, 3.05) is 5.73 Å². The summed E-state index contributed by atoms with van der Waals surface area (Å²) in [7, 11) is -3.63. The smallest absolute Gasteiger partial charge is 0.187 e. The van der Waals surface area contributed by atoms with Crippen molar-refractivity contribution in [3.63, 3.8) is 0 Å². The van der Waals surface area contributed by atoms with Crippen LogP contribution in [0.3, 0.4) is 0 Å². The molecule has 0 aliphatic heterocycles. The quantitative estimate of drug-likeness (QED) is 0.856. The van der Waals surface area contributed by atoms with E-state index in [9.17, 15) is 8.42 Å². The van der Waals surface area contributed by atoms with Crippen LogP contribution < -0.4 is 5.73 Å². The van der Waals surface area contributed by atoms with E-state index in [-0.39, 0.29) is 27.4 Å². The number of hydrogen-bond donors (Lipinski definition) is 1. The minimum absolute atomic E-state index is 0.0234. The fourth-order valence-corrected chi connectivity index (χ4v) is 4.02. The van der Waals surface area contributed by atoms with Gasteiger partial charge in [-0.15, -0.1) is 0 Å². The number of benzene rings is 1. The Hall–Kier alpha value is -1.53. The molecule has 0 aliphatic rings. The van der Waals surface area contributed by atoms with Crippen molar-refractivity contribution >= 4 is 27.1 Å². The standard InChI is InChI=1S/C14H18ClN3O2S/c1-3-10(2)18-8-7-11(17-18)9-21(19,20)14-12(15)5-4-6-13(14)16/h4-8,10H,3,9,16H2,1-2H3. The SMILES string of the molecule is CCC(C)n1ccc(CS(=O)(=O)c2c(N)cccc2Cl)n1. The largest absolute Gasteiger partial charge is 0.398 e. The van der Waals surface area contributed by atoms with E-state index in [1.54, 1.807) is 23.0 Å². The number of rotatable bonds is 5. The van der Waals surface area contributed by atoms with Crippen molar-refractivity contribution in [2.24, 2.45) is 0 Å². The second-order valence-electron chi connectivity index (χ2n) is 4.96. The van der Waals surface area contributed by atoms with Crippen LogP contribution in [0.4, 0.5) is 5.69 Å². The zero-order valence-electron chi connectivity index (χ0n) is 12.0. The molecule has 0 fully saturated rings. The van der Waals surface area contributed by atoms with Gasteiger partial charge in [0.1, 0.15) is 4.90 Å². The van der Waals surface area contributed by atoms with E-state index in [2.05, 4.69) is 5.10 Å². The molecule has 7 heteroatoms. The van der Waals surface area contributed by atoms with Gasteiger partial charge < -0.3 is 5.73 Å². The first kappa shape index (κ1) is 15.9. The average Bonchev–Trinajstić information content (AvgIpc) is 2.85. The molecule has 0 aliphatic carbocycles. The monoisotopic (exact) mass is 327 g/mol. The summed E-state index contributed by atoms with van der Waals surface area (Å²) in [4.78, 5) is -0.0234. The van der Waals surface area contributed by atoms with Gasteiger partial charge in [0.2, 0.25) is 0 Å². The Morgan fingerprint density at radius 1 is 1.38 bits per heavy atom. The molecule has 1 atom stereocenters. The minimum Gasteiger partial charge on any atom is -0.398 e. The van der Waals surface area contributed by atoms with Crippen LogP contribution in [0.2, 0.25) is 5.02 Å². The number of sulfone groups is 1. The van der Waals surface area contributed by atoms with E-state index in [0.717, 1.165) is 6.42 Å². The van der Waals surface area contributed by atoms with Crippen LogP contribution in [-0.2, 0) is 15.6 Å². The molecule has 0 amide bonds. The Kier molecular flexibility index (Phi) is 4.58. The van der Waals surface area contributed by atoms with E-state index < -0.39 is 9.84 Å². The number of nitrogen functional groups attached to an aromatic ring is 1. The molecule has 2 rings (SSSR count). The first-order chi connectivity index (χ1) is 9.85. The van der Waals surface area contributed by atoms with Crippen LogP contribution in [0.1, 0.15) is 32.0 Å². The molecular weight excluding hydrogens is 310 g/mol. The topological polar surface area (TPSA) is 78.0 Å². The lowest BCUT2D eigenvalue weighted by Crippen LogP contribution is -2.10. The summed E-state index contributed by atoms with van der Waals surface area (Å²) in [6.45, 7) is 4.07. The van der Waals surface area contributed by atoms with Gasteiger partial charge in [0.25, 0.3) is 0 Å². The number of halogens is 1. The molecule has 1 unspecified atom stereocenters. The normalized spacial score (nSPS) is 13.3. The molecule has 2 aromatic rings. The molecule has 0 spiro atoms. The second kappa shape index (κ2) is 6.07. The highest BCUT2D eigenvalue weighted by atomic mass is 35.5. The average molecular weight is 328 g/mol. The third kappa shape index (κ3) is 3.39. The maximum atomic E-state index is 12.5. The van der Waals surface area contributed by atoms with Crippen LogP contribution in [0.25, 0.3) is 0 Å². The van der Waals surface area contributed by atoms with Gasteiger partial charge in [-0.2, -0.15) is 5.10 Å². The van der Waals surface area contributed by atoms with Crippen molar-refractivity contribution < 1.29 is 8.42 Å². The van der Waals surface area contributed by atoms with Crippen LogP contribution in [0.15, 0.2) is 35.4 Å². The number of hydrogen-bond acceptors (Lipinski definition) is 4. The molecule has 5 nitrogen and oxygen atoms in total. The lowest BCUT2D eigenvalue weighted by atomic mass is 10.3. The van der Waals surface area contributed by atoms with Gasteiger partial charge in [-0.25, -0.2) is 8.42 Å². The van der Waals surface area contributed by atoms with Crippen LogP contribution >= 0.6 is 11.6 Å². The number of nitrogens with two attached hydrogens (primary N) is 1. The van der Waals surface area contributed by atoms with Crippen molar-refractivity contribution in [3.8, 4) is 0 Å². The van der Waals surface area contributed by atoms with E-state index in [1.807, 2.05) is 13.8 Å². The van der Waals surface area contributed by atoms with Crippen molar-refractivity contribution in [1.82, 2.24) is 9.78 Å². The first-order valence-electron chi connectivity index (χ1n) is 6.66. The Morgan fingerprint density at radius 2 is 2.10 bits per heavy atom. The molecule has 0 saturated carbocycles. The molecule has 0 radical (unpaired) electrons. The first-order valence-corrected chi connectivity index (χ1v) is 8.69. The van der Waals surface area contributed by atoms with Crippen LogP contribution in [0.5, 0.6) is 0 Å². The maximum absolute atomic E-state index is 12.5. The summed E-state index contributed by atoms with van der Waals surface area (Å²) >= 11 is 5.97. The highest BCUT2D eigenvalue weighted by Crippen LogP contribution is 2.29. The fourth-order valence-electron chi connectivity index (χ4n) is 2.01. The molecule has 1 heterocycles. The zero-order valence-corrected chi connectivity index (χ0v) is 13.5. The Balaban J connectivity index is 2.32. The van der Waals surface area contributed by atoms with Crippen molar-refractivity contribution in [1.29, 1.82) is 0 Å². The molecule has 21 heavy (non-hydrogen) atoms. The maximum Gasteiger partial charge on any atom is 0.187 e. The van der Waals surface area contributed by atoms with Gasteiger partial charge in [-0.3, -0.25) is 4.68 Å². The summed E-state index contributed by atoms with van der Waals surface area (Å²) in [6.07, 6.45) is 2.71. The van der Waals surface area contributed by atoms with Gasteiger partial charge >= 0.3 is 0 Å². The van der Waals surface area contributed by atoms with Crippen LogP contribution in [0, 0.1) is 0 Å². The Labute approximate surface area is 129 Å². The summed E-state index contributed by atoms with van der Waals surface area (Å²) < 4.78 is 26.7. The van der Waals surface area contributed by atoms with Gasteiger partial charge in [0.15, 0.2) is 9.84 Å². The summed E-state index contributed by atoms with van der Waals surface area (Å²) in [6, 6.07) is 6.59. The third-order valence-electron chi connectivity index (χ3n) is 3.35. The molecule has 1 aromatic carbocycles. The molecule has 2 N–H and O–H groups in total. The molecule has 0 bridgehead atoms. The highest BCUT2D eigenvalue weighted by Gasteiger charge is 2.23. The third-order valence-corrected chi connectivity index (χ3v) is 5.53. The number of aromatic nitrogens is 2. The van der Waals surface area contributed by atoms with Gasteiger partial charge in [-0.1, -0.05) is 24.6 Å². The zero-order chi connectivity index (χ0) is 15.6.